The standard InChI is InChI=1S/C15H15BrClNO2/c1-19-14-6-3-10(7-15(14)20-2)9-18-13-5-4-11(16)8-12(13)17/h3-8,18H,9H2,1-2H3. The Kier molecular flexibility index (Phi) is 5.15. The highest BCUT2D eigenvalue weighted by atomic mass is 79.9. The quantitative estimate of drug-likeness (QED) is 0.840. The van der Waals surface area contributed by atoms with Crippen LogP contribution in [0.4, 0.5) is 5.69 Å². The van der Waals surface area contributed by atoms with E-state index in [4.69, 9.17) is 21.1 Å². The molecule has 0 unspecified atom stereocenters. The van der Waals surface area contributed by atoms with Crippen LogP contribution in [-0.2, 0) is 6.54 Å². The van der Waals surface area contributed by atoms with E-state index < -0.39 is 0 Å². The van der Waals surface area contributed by atoms with E-state index in [9.17, 15) is 0 Å². The van der Waals surface area contributed by atoms with Gasteiger partial charge in [-0.05, 0) is 35.9 Å². The first-order valence-corrected chi connectivity index (χ1v) is 7.21. The summed E-state index contributed by atoms with van der Waals surface area (Å²) in [6, 6.07) is 11.6. The lowest BCUT2D eigenvalue weighted by Gasteiger charge is -2.12. The molecule has 0 atom stereocenters. The number of anilines is 1. The second-order valence-corrected chi connectivity index (χ2v) is 5.49. The Morgan fingerprint density at radius 1 is 1.05 bits per heavy atom. The summed E-state index contributed by atoms with van der Waals surface area (Å²) >= 11 is 9.55. The van der Waals surface area contributed by atoms with Crippen molar-refractivity contribution in [1.82, 2.24) is 0 Å². The molecule has 2 aromatic rings. The molecular weight excluding hydrogens is 342 g/mol. The summed E-state index contributed by atoms with van der Waals surface area (Å²) in [5.74, 6) is 1.44. The van der Waals surface area contributed by atoms with Gasteiger partial charge in [0.05, 0.1) is 24.9 Å². The van der Waals surface area contributed by atoms with Crippen LogP contribution in [0.2, 0.25) is 5.02 Å². The molecule has 106 valence electrons. The van der Waals surface area contributed by atoms with Gasteiger partial charge in [0.2, 0.25) is 0 Å². The number of benzene rings is 2. The van der Waals surface area contributed by atoms with Gasteiger partial charge in [-0.3, -0.25) is 0 Å². The van der Waals surface area contributed by atoms with Gasteiger partial charge < -0.3 is 14.8 Å². The Balaban J connectivity index is 2.10. The summed E-state index contributed by atoms with van der Waals surface area (Å²) in [5.41, 5.74) is 1.98. The molecule has 3 nitrogen and oxygen atoms in total. The third-order valence-electron chi connectivity index (χ3n) is 2.86. The highest BCUT2D eigenvalue weighted by molar-refractivity contribution is 9.10. The molecule has 0 radical (unpaired) electrons. The third kappa shape index (κ3) is 3.58. The highest BCUT2D eigenvalue weighted by Gasteiger charge is 2.05. The molecule has 0 fully saturated rings. The Morgan fingerprint density at radius 3 is 2.45 bits per heavy atom. The first-order valence-electron chi connectivity index (χ1n) is 6.04. The van der Waals surface area contributed by atoms with Gasteiger partial charge in [0.15, 0.2) is 11.5 Å². The molecule has 0 saturated heterocycles. The van der Waals surface area contributed by atoms with Crippen LogP contribution < -0.4 is 14.8 Å². The third-order valence-corrected chi connectivity index (χ3v) is 3.67. The summed E-state index contributed by atoms with van der Waals surface area (Å²) in [6.45, 7) is 0.654. The zero-order valence-corrected chi connectivity index (χ0v) is 13.6. The first kappa shape index (κ1) is 15.0. The maximum atomic E-state index is 6.16. The molecule has 0 heterocycles. The van der Waals surface area contributed by atoms with Crippen molar-refractivity contribution < 1.29 is 9.47 Å². The van der Waals surface area contributed by atoms with Crippen molar-refractivity contribution in [3.8, 4) is 11.5 Å². The van der Waals surface area contributed by atoms with Crippen LogP contribution in [0.25, 0.3) is 0 Å². The minimum Gasteiger partial charge on any atom is -0.493 e. The fraction of sp³-hybridized carbons (Fsp3) is 0.200. The van der Waals surface area contributed by atoms with Crippen LogP contribution in [-0.4, -0.2) is 14.2 Å². The molecule has 0 saturated carbocycles. The number of ether oxygens (including phenoxy) is 2. The molecule has 0 spiro atoms. The maximum Gasteiger partial charge on any atom is 0.161 e. The minimum atomic E-state index is 0.654. The van der Waals surface area contributed by atoms with Crippen molar-refractivity contribution in [3.63, 3.8) is 0 Å². The van der Waals surface area contributed by atoms with Crippen LogP contribution in [0.5, 0.6) is 11.5 Å². The largest absolute Gasteiger partial charge is 0.493 e. The molecule has 0 bridgehead atoms. The second-order valence-electron chi connectivity index (χ2n) is 4.17. The first-order chi connectivity index (χ1) is 9.63. The molecule has 5 heteroatoms. The Bertz CT molecular complexity index is 604. The highest BCUT2D eigenvalue weighted by Crippen LogP contribution is 2.29. The molecule has 2 aromatic carbocycles. The predicted molar refractivity (Wildman–Crippen MR) is 86.0 cm³/mol. The van der Waals surface area contributed by atoms with Crippen molar-refractivity contribution in [2.24, 2.45) is 0 Å². The van der Waals surface area contributed by atoms with E-state index in [2.05, 4.69) is 21.2 Å². The number of hydrogen-bond acceptors (Lipinski definition) is 3. The zero-order chi connectivity index (χ0) is 14.5. The average molecular weight is 357 g/mol. The Labute approximate surface area is 132 Å². The molecule has 0 aliphatic heterocycles. The fourth-order valence-corrected chi connectivity index (χ4v) is 2.56. The van der Waals surface area contributed by atoms with Crippen molar-refractivity contribution >= 4 is 33.2 Å². The monoisotopic (exact) mass is 355 g/mol. The lowest BCUT2D eigenvalue weighted by Crippen LogP contribution is -2.01. The molecule has 1 N–H and O–H groups in total. The van der Waals surface area contributed by atoms with Gasteiger partial charge in [-0.15, -0.1) is 0 Å². The number of methoxy groups -OCH3 is 2. The minimum absolute atomic E-state index is 0.654. The van der Waals surface area contributed by atoms with E-state index in [1.54, 1.807) is 14.2 Å². The lowest BCUT2D eigenvalue weighted by molar-refractivity contribution is 0.354. The number of hydrogen-bond donors (Lipinski definition) is 1. The van der Waals surface area contributed by atoms with Gasteiger partial charge in [0, 0.05) is 11.0 Å². The van der Waals surface area contributed by atoms with Gasteiger partial charge in [0.1, 0.15) is 0 Å². The van der Waals surface area contributed by atoms with Gasteiger partial charge in [-0.1, -0.05) is 33.6 Å². The van der Waals surface area contributed by atoms with Gasteiger partial charge in [-0.25, -0.2) is 0 Å². The summed E-state index contributed by atoms with van der Waals surface area (Å²) < 4.78 is 11.5. The van der Waals surface area contributed by atoms with Crippen LogP contribution in [0.15, 0.2) is 40.9 Å². The van der Waals surface area contributed by atoms with Crippen molar-refractivity contribution in [3.05, 3.63) is 51.5 Å². The van der Waals surface area contributed by atoms with Crippen LogP contribution in [0.3, 0.4) is 0 Å². The summed E-state index contributed by atoms with van der Waals surface area (Å²) in [6.07, 6.45) is 0. The van der Waals surface area contributed by atoms with Crippen LogP contribution >= 0.6 is 27.5 Å². The Morgan fingerprint density at radius 2 is 1.80 bits per heavy atom. The van der Waals surface area contributed by atoms with Crippen molar-refractivity contribution in [2.45, 2.75) is 6.54 Å². The van der Waals surface area contributed by atoms with E-state index in [0.717, 1.165) is 21.5 Å². The number of rotatable bonds is 5. The molecular formula is C15H15BrClNO2. The maximum absolute atomic E-state index is 6.16. The summed E-state index contributed by atoms with van der Waals surface area (Å²) in [5, 5.41) is 3.98. The van der Waals surface area contributed by atoms with E-state index >= 15 is 0 Å². The molecule has 0 aliphatic rings. The second kappa shape index (κ2) is 6.86. The summed E-state index contributed by atoms with van der Waals surface area (Å²) in [7, 11) is 3.25. The normalized spacial score (nSPS) is 10.2. The molecule has 2 rings (SSSR count). The molecule has 0 aromatic heterocycles. The van der Waals surface area contributed by atoms with E-state index in [-0.39, 0.29) is 0 Å². The molecule has 0 aliphatic carbocycles. The van der Waals surface area contributed by atoms with E-state index in [1.165, 1.54) is 0 Å². The van der Waals surface area contributed by atoms with E-state index in [0.29, 0.717) is 17.3 Å². The van der Waals surface area contributed by atoms with Crippen molar-refractivity contribution in [2.75, 3.05) is 19.5 Å². The van der Waals surface area contributed by atoms with E-state index in [1.807, 2.05) is 36.4 Å². The van der Waals surface area contributed by atoms with Crippen LogP contribution in [0.1, 0.15) is 5.56 Å². The topological polar surface area (TPSA) is 30.5 Å². The zero-order valence-electron chi connectivity index (χ0n) is 11.2. The van der Waals surface area contributed by atoms with Crippen molar-refractivity contribution in [1.29, 1.82) is 0 Å². The predicted octanol–water partition coefficient (Wildman–Crippen LogP) is 4.73. The number of halogens is 2. The van der Waals surface area contributed by atoms with Gasteiger partial charge in [-0.2, -0.15) is 0 Å². The smallest absolute Gasteiger partial charge is 0.161 e. The fourth-order valence-electron chi connectivity index (χ4n) is 1.82. The molecule has 0 amide bonds. The Hall–Kier alpha value is -1.39. The summed E-state index contributed by atoms with van der Waals surface area (Å²) in [4.78, 5) is 0. The van der Waals surface area contributed by atoms with Gasteiger partial charge in [0.25, 0.3) is 0 Å². The van der Waals surface area contributed by atoms with Crippen LogP contribution in [0, 0.1) is 0 Å². The number of nitrogens with one attached hydrogen (secondary N) is 1. The molecule has 20 heavy (non-hydrogen) atoms. The lowest BCUT2D eigenvalue weighted by atomic mass is 10.2. The average Bonchev–Trinajstić information content (AvgIpc) is 2.46. The SMILES string of the molecule is COc1ccc(CNc2ccc(Br)cc2Cl)cc1OC. The van der Waals surface area contributed by atoms with Gasteiger partial charge >= 0.3 is 0 Å².